The molecule has 0 unspecified atom stereocenters. The lowest BCUT2D eigenvalue weighted by Crippen LogP contribution is -2.08. The van der Waals surface area contributed by atoms with Crippen molar-refractivity contribution in [1.29, 1.82) is 5.26 Å². The molecule has 0 bridgehead atoms. The van der Waals surface area contributed by atoms with Crippen molar-refractivity contribution in [2.45, 2.75) is 47.0 Å². The Morgan fingerprint density at radius 3 is 1.56 bits per heavy atom. The molecule has 0 saturated heterocycles. The number of azo groups is 3. The molecule has 0 aliphatic rings. The highest BCUT2D eigenvalue weighted by molar-refractivity contribution is 7.86. The third-order valence-corrected chi connectivity index (χ3v) is 12.0. The van der Waals surface area contributed by atoms with Crippen molar-refractivity contribution < 1.29 is 71.2 Å². The van der Waals surface area contributed by atoms with Gasteiger partial charge in [0.05, 0.1) is 71.8 Å². The lowest BCUT2D eigenvalue weighted by Gasteiger charge is -2.12. The van der Waals surface area contributed by atoms with Crippen LogP contribution in [0.1, 0.15) is 59.8 Å². The number of aromatic hydroxyl groups is 1. The van der Waals surface area contributed by atoms with Gasteiger partial charge in [-0.1, -0.05) is 12.7 Å². The van der Waals surface area contributed by atoms with Crippen molar-refractivity contribution in [2.75, 3.05) is 43.3 Å². The van der Waals surface area contributed by atoms with Crippen LogP contribution >= 0.6 is 0 Å². The van der Waals surface area contributed by atoms with Crippen molar-refractivity contribution >= 4 is 92.4 Å². The van der Waals surface area contributed by atoms with E-state index in [0.29, 0.717) is 45.9 Å². The van der Waals surface area contributed by atoms with E-state index >= 15 is 0 Å². The summed E-state index contributed by atoms with van der Waals surface area (Å²) in [6.45, 7) is 10.3. The van der Waals surface area contributed by atoms with Gasteiger partial charge in [0.2, 0.25) is 5.88 Å². The Hall–Kier alpha value is -7.04. The van der Waals surface area contributed by atoms with Gasteiger partial charge < -0.3 is 19.3 Å². The summed E-state index contributed by atoms with van der Waals surface area (Å²) in [5.74, 6) is -1.34. The first-order chi connectivity index (χ1) is 34.1. The normalized spacial score (nSPS) is 12.4. The Balaban J connectivity index is 0.00000220. The lowest BCUT2D eigenvalue weighted by atomic mass is 10.1. The van der Waals surface area contributed by atoms with Crippen LogP contribution in [0.25, 0.3) is 17.8 Å². The third kappa shape index (κ3) is 18.8. The predicted molar refractivity (Wildman–Crippen MR) is 269 cm³/mol. The fourth-order valence-electron chi connectivity index (χ4n) is 6.25. The van der Waals surface area contributed by atoms with E-state index in [0.717, 1.165) is 0 Å². The Bertz CT molecular complexity index is 3450. The van der Waals surface area contributed by atoms with Crippen molar-refractivity contribution in [3.8, 4) is 29.2 Å². The van der Waals surface area contributed by atoms with Gasteiger partial charge in [0.15, 0.2) is 11.3 Å². The van der Waals surface area contributed by atoms with Crippen LogP contribution in [0.2, 0.25) is 0 Å². The molecule has 2 heterocycles. The number of imidazole rings is 1. The molecule has 0 fully saturated rings. The fourth-order valence-corrected chi connectivity index (χ4v) is 7.70. The molecule has 29 heteroatoms. The molecule has 0 radical (unpaired) electrons. The third-order valence-electron chi connectivity index (χ3n) is 9.56. The van der Waals surface area contributed by atoms with E-state index in [-0.39, 0.29) is 96.0 Å². The van der Waals surface area contributed by atoms with Gasteiger partial charge in [-0.3, -0.25) is 22.6 Å². The predicted octanol–water partition coefficient (Wildman–Crippen LogP) is 9.23. The number of aromatic nitrogens is 2. The summed E-state index contributed by atoms with van der Waals surface area (Å²) in [6, 6.07) is 14.7. The van der Waals surface area contributed by atoms with Crippen molar-refractivity contribution in [3.05, 3.63) is 94.8 Å². The minimum absolute atomic E-state index is 0.0505. The summed E-state index contributed by atoms with van der Waals surface area (Å²) in [5.41, 5.74) is 3.81. The van der Waals surface area contributed by atoms with E-state index in [1.807, 2.05) is 0 Å². The number of fused-ring (bicyclic) bond motifs is 1. The molecule has 73 heavy (non-hydrogen) atoms. The van der Waals surface area contributed by atoms with Gasteiger partial charge >= 0.3 is 0 Å². The van der Waals surface area contributed by atoms with Gasteiger partial charge in [0, 0.05) is 17.7 Å². The van der Waals surface area contributed by atoms with Crippen LogP contribution in [0.5, 0.6) is 23.1 Å². The van der Waals surface area contributed by atoms with Crippen LogP contribution in [0, 0.1) is 32.1 Å². The topological polar surface area (TPSA) is 381 Å². The van der Waals surface area contributed by atoms with Crippen molar-refractivity contribution in [2.24, 2.45) is 30.7 Å². The maximum atomic E-state index is 11.5. The second-order valence-corrected chi connectivity index (χ2v) is 21.7. The molecule has 3 aromatic carbocycles. The highest BCUT2D eigenvalue weighted by Gasteiger charge is 2.23. The quantitative estimate of drug-likeness (QED) is 0.0231. The molecule has 5 N–H and O–H groups in total. The number of allylic oxidation sites excluding steroid dienone is 1. The minimum Gasteiger partial charge on any atom is -0.494 e. The van der Waals surface area contributed by atoms with Crippen molar-refractivity contribution in [1.82, 2.24) is 9.38 Å². The van der Waals surface area contributed by atoms with E-state index in [9.17, 15) is 53.1 Å². The number of benzene rings is 3. The fraction of sp³-hybridized carbons (Fsp3) is 0.318. The van der Waals surface area contributed by atoms with E-state index in [2.05, 4.69) is 48.3 Å². The molecular formula is C44H51N9O16S4. The first-order valence-corrected chi connectivity index (χ1v) is 28.0. The Morgan fingerprint density at radius 2 is 1.12 bits per heavy atom. The van der Waals surface area contributed by atoms with Crippen LogP contribution in [0.4, 0.5) is 34.1 Å². The van der Waals surface area contributed by atoms with Crippen LogP contribution in [0.3, 0.4) is 0 Å². The molecule has 0 aliphatic carbocycles. The Labute approximate surface area is 421 Å². The monoisotopic (exact) mass is 1090 g/mol. The second kappa shape index (κ2) is 25.6. The maximum Gasteiger partial charge on any atom is 0.264 e. The van der Waals surface area contributed by atoms with Gasteiger partial charge in [-0.05, 0) is 107 Å². The smallest absolute Gasteiger partial charge is 0.264 e. The molecule has 0 saturated carbocycles. The van der Waals surface area contributed by atoms with Crippen molar-refractivity contribution in [3.63, 3.8) is 0 Å². The number of ether oxygens (including phenoxy) is 3. The van der Waals surface area contributed by atoms with Gasteiger partial charge in [-0.15, -0.1) is 15.3 Å². The number of hydrogen-bond donors (Lipinski definition) is 5. The van der Waals surface area contributed by atoms with Crippen LogP contribution in [-0.2, 0) is 40.5 Å². The molecular weight excluding hydrogens is 1040 g/mol. The van der Waals surface area contributed by atoms with Crippen LogP contribution < -0.4 is 14.2 Å². The zero-order chi connectivity index (χ0) is 54.3. The summed E-state index contributed by atoms with van der Waals surface area (Å²) >= 11 is 0. The number of nitrogens with zero attached hydrogens (tertiary/aromatic N) is 9. The van der Waals surface area contributed by atoms with Gasteiger partial charge in [0.25, 0.3) is 40.5 Å². The minimum atomic E-state index is -4.30. The largest absolute Gasteiger partial charge is 0.494 e. The summed E-state index contributed by atoms with van der Waals surface area (Å²) in [5, 5.41) is 47.8. The maximum absolute atomic E-state index is 11.5. The molecule has 0 atom stereocenters. The number of pyridine rings is 1. The summed E-state index contributed by atoms with van der Waals surface area (Å²) in [4.78, 5) is 4.48. The number of nitriles is 1. The standard InChI is InChI=1S/C43H47N9O13S3.CH4O3S/c1-6-11-38-33(7-2)45-42-32(26-44)29(5)41(43(53)52(38)42)51-50-37-23-28(4)35(25-40(37)65-18-10-21-68(60,61)62)48-49-36-22-27(3)34(24-39(36)64-17-9-20-67(57,58)59)47-46-30-12-14-31(15-13-30)63-16-8-19-66(54,55)56;1-5(2,3)4/h6-7,11-15,22-25,53H,2,8-10,16-21H2,1,3-5H3,(H,54,55,56)(H,57,58,59)(H,60,61,62);1H3,(H,2,3,4)/b11-6-,47-46?,49-48?,51-50?;. The molecule has 0 amide bonds. The lowest BCUT2D eigenvalue weighted by molar-refractivity contribution is 0.316. The Morgan fingerprint density at radius 1 is 0.685 bits per heavy atom. The molecule has 0 spiro atoms. The number of aryl methyl sites for hydroxylation is 2. The van der Waals surface area contributed by atoms with Gasteiger partial charge in [0.1, 0.15) is 40.3 Å². The first-order valence-electron chi connectivity index (χ1n) is 21.4. The first kappa shape index (κ1) is 58.5. The molecule has 0 aliphatic heterocycles. The van der Waals surface area contributed by atoms with E-state index in [1.54, 1.807) is 76.2 Å². The molecule has 25 nitrogen and oxygen atoms in total. The van der Waals surface area contributed by atoms with Crippen LogP contribution in [0.15, 0.2) is 91.9 Å². The van der Waals surface area contributed by atoms with E-state index in [1.165, 1.54) is 22.6 Å². The zero-order valence-corrected chi connectivity index (χ0v) is 43.1. The second-order valence-electron chi connectivity index (χ2n) is 15.5. The molecule has 5 rings (SSSR count). The molecule has 2 aromatic heterocycles. The van der Waals surface area contributed by atoms with Gasteiger partial charge in [-0.25, -0.2) is 4.98 Å². The summed E-state index contributed by atoms with van der Waals surface area (Å²) < 4.78 is 140. The van der Waals surface area contributed by atoms with E-state index in [4.69, 9.17) is 23.3 Å². The summed E-state index contributed by atoms with van der Waals surface area (Å²) in [7, 11) is -16.3. The van der Waals surface area contributed by atoms with Crippen LogP contribution in [-0.4, -0.2) is 110 Å². The Kier molecular flexibility index (Phi) is 20.5. The highest BCUT2D eigenvalue weighted by atomic mass is 32.2. The average molecular weight is 1090 g/mol. The van der Waals surface area contributed by atoms with Gasteiger partial charge in [-0.2, -0.15) is 54.3 Å². The number of rotatable bonds is 23. The van der Waals surface area contributed by atoms with E-state index < -0.39 is 57.7 Å². The zero-order valence-electron chi connectivity index (χ0n) is 39.8. The summed E-state index contributed by atoms with van der Waals surface area (Å²) in [6.07, 6.45) is 5.53. The average Bonchev–Trinajstić information content (AvgIpc) is 3.65. The SMILES string of the molecule is C=Cc1nc2c(C#N)c(C)c(N=Nc3cc(C)c(N=Nc4cc(C)c(N=Nc5ccc(OCCCS(=O)(=O)O)cc5)cc4OCCCS(=O)(=O)O)cc3OCCCS(=O)(=O)O)c(O)n2c1/C=C\C.CS(=O)(=O)O. The molecule has 392 valence electrons. The molecule has 5 aromatic rings. The number of hydrogen-bond acceptors (Lipinski definition) is 20. The highest BCUT2D eigenvalue weighted by Crippen LogP contribution is 2.42.